The fraction of sp³-hybridized carbons (Fsp3) is 0.100. The number of halogens is 1. The monoisotopic (exact) mass is 512 g/mol. The van der Waals surface area contributed by atoms with Crippen LogP contribution >= 0.6 is 15.9 Å². The quantitative estimate of drug-likeness (QED) is 0.249. The Morgan fingerprint density at radius 2 is 2.09 bits per heavy atom. The van der Waals surface area contributed by atoms with Crippen LogP contribution in [0.3, 0.4) is 0 Å². The number of nitrogens with two attached hydrogens (primary N) is 1. The van der Waals surface area contributed by atoms with Gasteiger partial charge in [-0.2, -0.15) is 9.78 Å². The van der Waals surface area contributed by atoms with E-state index in [0.29, 0.717) is 29.2 Å². The number of aromatic hydroxyl groups is 1. The average Bonchev–Trinajstić information content (AvgIpc) is 3.43. The molecule has 168 valence electrons. The van der Waals surface area contributed by atoms with E-state index in [1.54, 1.807) is 36.4 Å². The van der Waals surface area contributed by atoms with E-state index >= 15 is 0 Å². The molecule has 33 heavy (non-hydrogen) atoms. The van der Waals surface area contributed by atoms with Crippen LogP contribution in [0.2, 0.25) is 0 Å². The first kappa shape index (κ1) is 22.0. The van der Waals surface area contributed by atoms with E-state index < -0.39 is 5.91 Å². The Morgan fingerprint density at radius 3 is 2.79 bits per heavy atom. The zero-order valence-corrected chi connectivity index (χ0v) is 18.7. The summed E-state index contributed by atoms with van der Waals surface area (Å²) in [7, 11) is 0. The molecule has 0 aliphatic heterocycles. The Balaban J connectivity index is 1.68. The van der Waals surface area contributed by atoms with Gasteiger partial charge in [0.15, 0.2) is 5.69 Å². The third-order valence-corrected chi connectivity index (χ3v) is 4.87. The maximum atomic E-state index is 12.9. The number of carbonyl (C=O) groups is 1. The van der Waals surface area contributed by atoms with Gasteiger partial charge in [0.2, 0.25) is 11.6 Å². The van der Waals surface area contributed by atoms with Gasteiger partial charge in [0.1, 0.15) is 17.2 Å². The summed E-state index contributed by atoms with van der Waals surface area (Å²) in [6.07, 6.45) is 1.30. The summed E-state index contributed by atoms with van der Waals surface area (Å²) in [5, 5.41) is 29.1. The van der Waals surface area contributed by atoms with Crippen molar-refractivity contribution in [3.63, 3.8) is 0 Å². The summed E-state index contributed by atoms with van der Waals surface area (Å²) < 4.78 is 12.1. The molecule has 2 aromatic heterocycles. The van der Waals surface area contributed by atoms with Crippen molar-refractivity contribution >= 4 is 33.9 Å². The van der Waals surface area contributed by atoms with E-state index in [1.807, 2.05) is 6.92 Å². The highest BCUT2D eigenvalue weighted by Crippen LogP contribution is 2.28. The summed E-state index contributed by atoms with van der Waals surface area (Å²) in [6, 6.07) is 11.8. The van der Waals surface area contributed by atoms with Crippen LogP contribution in [0, 0.1) is 0 Å². The predicted molar refractivity (Wildman–Crippen MR) is 121 cm³/mol. The van der Waals surface area contributed by atoms with Crippen molar-refractivity contribution in [2.24, 2.45) is 5.10 Å². The Bertz CT molecular complexity index is 1320. The SMILES string of the molecule is CCOc1ccc(-c2c(C(=O)N/N=C\c3cc(Br)ccc3O)nnn2-c2nonc2N)cc1. The minimum atomic E-state index is -0.647. The van der Waals surface area contributed by atoms with Crippen LogP contribution in [-0.4, -0.2) is 49.1 Å². The lowest BCUT2D eigenvalue weighted by Gasteiger charge is -2.07. The minimum Gasteiger partial charge on any atom is -0.507 e. The molecule has 12 nitrogen and oxygen atoms in total. The second kappa shape index (κ2) is 9.48. The summed E-state index contributed by atoms with van der Waals surface area (Å²) in [5.74, 6) is 0.0691. The maximum absolute atomic E-state index is 12.9. The molecule has 0 radical (unpaired) electrons. The molecule has 2 heterocycles. The van der Waals surface area contributed by atoms with Gasteiger partial charge in [-0.3, -0.25) is 4.79 Å². The van der Waals surface area contributed by atoms with Gasteiger partial charge < -0.3 is 15.6 Å². The van der Waals surface area contributed by atoms with Crippen LogP contribution in [0.25, 0.3) is 17.1 Å². The van der Waals surface area contributed by atoms with E-state index in [2.05, 4.69) is 51.7 Å². The number of nitrogens with one attached hydrogen (secondary N) is 1. The van der Waals surface area contributed by atoms with Crippen LogP contribution in [0.4, 0.5) is 5.82 Å². The van der Waals surface area contributed by atoms with Gasteiger partial charge >= 0.3 is 0 Å². The number of anilines is 1. The molecule has 1 amide bonds. The van der Waals surface area contributed by atoms with Crippen molar-refractivity contribution < 1.29 is 19.3 Å². The van der Waals surface area contributed by atoms with Gasteiger partial charge in [-0.1, -0.05) is 21.1 Å². The molecule has 13 heteroatoms. The number of hydrogen-bond acceptors (Lipinski definition) is 10. The number of benzene rings is 2. The predicted octanol–water partition coefficient (Wildman–Crippen LogP) is 2.53. The first-order valence-electron chi connectivity index (χ1n) is 9.57. The second-order valence-electron chi connectivity index (χ2n) is 6.53. The Morgan fingerprint density at radius 1 is 1.30 bits per heavy atom. The van der Waals surface area contributed by atoms with Gasteiger partial charge in [-0.15, -0.1) is 5.10 Å². The zero-order valence-electron chi connectivity index (χ0n) is 17.1. The summed E-state index contributed by atoms with van der Waals surface area (Å²) in [5.41, 5.74) is 9.43. The molecule has 2 aromatic carbocycles. The zero-order chi connectivity index (χ0) is 23.4. The molecule has 4 aromatic rings. The molecule has 0 aliphatic rings. The molecular formula is C20H17BrN8O4. The van der Waals surface area contributed by atoms with Crippen molar-refractivity contribution in [1.82, 2.24) is 30.7 Å². The number of phenolic OH excluding ortho intramolecular Hbond substituents is 1. The van der Waals surface area contributed by atoms with Crippen molar-refractivity contribution in [1.29, 1.82) is 0 Å². The first-order valence-corrected chi connectivity index (χ1v) is 10.4. The number of carbonyl (C=O) groups excluding carboxylic acids is 1. The third-order valence-electron chi connectivity index (χ3n) is 4.38. The Kier molecular flexibility index (Phi) is 6.31. The lowest BCUT2D eigenvalue weighted by atomic mass is 10.1. The normalized spacial score (nSPS) is 11.1. The van der Waals surface area contributed by atoms with Crippen LogP contribution < -0.4 is 15.9 Å². The number of phenols is 1. The van der Waals surface area contributed by atoms with Gasteiger partial charge in [-0.05, 0) is 59.7 Å². The smallest absolute Gasteiger partial charge is 0.294 e. The molecule has 0 saturated carbocycles. The molecule has 4 rings (SSSR count). The molecule has 4 N–H and O–H groups in total. The standard InChI is InChI=1S/C20H17BrN8O4/c1-2-32-14-6-3-11(4-7-14)17-16(24-28-29(17)19-18(22)26-33-27-19)20(31)25-23-10-12-9-13(21)5-8-15(12)30/h3-10,30H,2H2,1H3,(H2,22,26)(H,25,31)/b23-10-. The number of amides is 1. The molecule has 0 bridgehead atoms. The fourth-order valence-corrected chi connectivity index (χ4v) is 3.28. The molecule has 0 fully saturated rings. The van der Waals surface area contributed by atoms with Crippen LogP contribution in [0.1, 0.15) is 23.0 Å². The largest absolute Gasteiger partial charge is 0.507 e. The molecule has 0 unspecified atom stereocenters. The second-order valence-corrected chi connectivity index (χ2v) is 7.45. The number of hydrazone groups is 1. The molecular weight excluding hydrogens is 496 g/mol. The van der Waals surface area contributed by atoms with E-state index in [1.165, 1.54) is 17.0 Å². The fourth-order valence-electron chi connectivity index (χ4n) is 2.90. The number of nitrogens with zero attached hydrogens (tertiary/aromatic N) is 6. The highest BCUT2D eigenvalue weighted by molar-refractivity contribution is 9.10. The van der Waals surface area contributed by atoms with E-state index in [-0.39, 0.29) is 23.1 Å². The minimum absolute atomic E-state index is 0.00577. The van der Waals surface area contributed by atoms with E-state index in [9.17, 15) is 9.90 Å². The topological polar surface area (TPSA) is 167 Å². The van der Waals surface area contributed by atoms with Crippen molar-refractivity contribution in [2.45, 2.75) is 6.92 Å². The van der Waals surface area contributed by atoms with Crippen molar-refractivity contribution in [3.05, 3.63) is 58.2 Å². The van der Waals surface area contributed by atoms with Crippen molar-refractivity contribution in [2.75, 3.05) is 12.3 Å². The number of rotatable bonds is 7. The molecule has 0 atom stereocenters. The number of aromatic nitrogens is 5. The van der Waals surface area contributed by atoms with E-state index in [0.717, 1.165) is 4.47 Å². The van der Waals surface area contributed by atoms with Crippen LogP contribution in [0.15, 0.2) is 56.7 Å². The lowest BCUT2D eigenvalue weighted by Crippen LogP contribution is -2.19. The highest BCUT2D eigenvalue weighted by atomic mass is 79.9. The van der Waals surface area contributed by atoms with E-state index in [4.69, 9.17) is 10.5 Å². The average molecular weight is 513 g/mol. The van der Waals surface area contributed by atoms with Crippen LogP contribution in [-0.2, 0) is 0 Å². The summed E-state index contributed by atoms with van der Waals surface area (Å²) >= 11 is 3.31. The number of hydrogen-bond donors (Lipinski definition) is 3. The summed E-state index contributed by atoms with van der Waals surface area (Å²) in [4.78, 5) is 12.9. The Hall–Kier alpha value is -4.26. The van der Waals surface area contributed by atoms with Crippen LogP contribution in [0.5, 0.6) is 11.5 Å². The molecule has 0 spiro atoms. The van der Waals surface area contributed by atoms with Gasteiger partial charge in [0, 0.05) is 15.6 Å². The number of ether oxygens (including phenoxy) is 1. The summed E-state index contributed by atoms with van der Waals surface area (Å²) in [6.45, 7) is 2.39. The molecule has 0 saturated heterocycles. The molecule has 0 aliphatic carbocycles. The third kappa shape index (κ3) is 4.67. The van der Waals surface area contributed by atoms with Gasteiger partial charge in [0.25, 0.3) is 5.91 Å². The highest BCUT2D eigenvalue weighted by Gasteiger charge is 2.25. The first-order chi connectivity index (χ1) is 16.0. The van der Waals surface area contributed by atoms with Crippen molar-refractivity contribution in [3.8, 4) is 28.6 Å². The maximum Gasteiger partial charge on any atom is 0.294 e. The van der Waals surface area contributed by atoms with Gasteiger partial charge in [-0.25, -0.2) is 10.1 Å². The lowest BCUT2D eigenvalue weighted by molar-refractivity contribution is 0.0950. The Labute approximate surface area is 195 Å². The van der Waals surface area contributed by atoms with Gasteiger partial charge in [0.05, 0.1) is 12.8 Å². The number of nitrogen functional groups attached to an aromatic ring is 1.